The number of methoxy groups -OCH3 is 1. The number of nitrogens with zero attached hydrogens (tertiary/aromatic N) is 1. The Morgan fingerprint density at radius 2 is 1.89 bits per heavy atom. The van der Waals surface area contributed by atoms with E-state index in [0.29, 0.717) is 11.7 Å². The molecule has 1 aliphatic carbocycles. The van der Waals surface area contributed by atoms with E-state index in [0.717, 1.165) is 12.8 Å². The number of rotatable bonds is 2. The van der Waals surface area contributed by atoms with Crippen LogP contribution in [0.4, 0.5) is 0 Å². The molecule has 0 aromatic carbocycles. The predicted octanol–water partition coefficient (Wildman–Crippen LogP) is 2.38. The number of H-pyrrole nitrogens is 1. The van der Waals surface area contributed by atoms with Gasteiger partial charge in [0.1, 0.15) is 11.4 Å². The van der Waals surface area contributed by atoms with Crippen molar-refractivity contribution in [2.24, 2.45) is 0 Å². The minimum Gasteiger partial charge on any atom is -0.465 e. The molecular weight excluding hydrogens is 244 g/mol. The summed E-state index contributed by atoms with van der Waals surface area (Å²) in [5.41, 5.74) is -0.434. The highest BCUT2D eigenvalue weighted by Gasteiger charge is 2.18. The Morgan fingerprint density at radius 1 is 1.26 bits per heavy atom. The molecule has 0 spiro atoms. The van der Waals surface area contributed by atoms with Crippen LogP contribution < -0.4 is 5.56 Å². The van der Waals surface area contributed by atoms with Gasteiger partial charge in [-0.05, 0) is 12.8 Å². The summed E-state index contributed by atoms with van der Waals surface area (Å²) in [7, 11) is 1.25. The van der Waals surface area contributed by atoms with Gasteiger partial charge in [0.2, 0.25) is 0 Å². The molecule has 5 heteroatoms. The molecule has 1 aliphatic rings. The van der Waals surface area contributed by atoms with Gasteiger partial charge in [-0.15, -0.1) is 0 Å². The van der Waals surface area contributed by atoms with Crippen molar-refractivity contribution in [2.45, 2.75) is 50.9 Å². The summed E-state index contributed by atoms with van der Waals surface area (Å²) in [5.74, 6) is 0.372. The fraction of sp³-hybridized carbons (Fsp3) is 0.643. The van der Waals surface area contributed by atoms with Gasteiger partial charge in [0, 0.05) is 12.1 Å². The van der Waals surface area contributed by atoms with Crippen LogP contribution in [0.25, 0.3) is 0 Å². The van der Waals surface area contributed by atoms with Gasteiger partial charge in [-0.2, -0.15) is 0 Å². The fourth-order valence-electron chi connectivity index (χ4n) is 2.60. The summed E-state index contributed by atoms with van der Waals surface area (Å²) < 4.78 is 4.54. The second kappa shape index (κ2) is 6.50. The van der Waals surface area contributed by atoms with E-state index >= 15 is 0 Å². The van der Waals surface area contributed by atoms with E-state index in [9.17, 15) is 9.59 Å². The lowest BCUT2D eigenvalue weighted by atomic mass is 9.90. The Kier molecular flexibility index (Phi) is 4.71. The minimum absolute atomic E-state index is 0.0305. The van der Waals surface area contributed by atoms with Crippen molar-refractivity contribution in [2.75, 3.05) is 7.11 Å². The number of nitrogens with one attached hydrogen (secondary N) is 1. The zero-order chi connectivity index (χ0) is 13.7. The van der Waals surface area contributed by atoms with Crippen LogP contribution in [0.1, 0.15) is 67.0 Å². The summed E-state index contributed by atoms with van der Waals surface area (Å²) in [4.78, 5) is 30.2. The zero-order valence-electron chi connectivity index (χ0n) is 11.3. The van der Waals surface area contributed by atoms with Crippen molar-refractivity contribution in [3.8, 4) is 0 Å². The number of ether oxygens (including phenoxy) is 1. The van der Waals surface area contributed by atoms with E-state index < -0.39 is 11.5 Å². The van der Waals surface area contributed by atoms with Crippen molar-refractivity contribution in [1.82, 2.24) is 9.97 Å². The van der Waals surface area contributed by atoms with Crippen molar-refractivity contribution in [1.29, 1.82) is 0 Å². The van der Waals surface area contributed by atoms with E-state index in [2.05, 4.69) is 14.7 Å². The predicted molar refractivity (Wildman–Crippen MR) is 71.3 cm³/mol. The molecule has 1 aromatic rings. The second-order valence-electron chi connectivity index (χ2n) is 5.04. The number of hydrogen-bond donors (Lipinski definition) is 1. The Labute approximate surface area is 112 Å². The molecule has 0 unspecified atom stereocenters. The van der Waals surface area contributed by atoms with Crippen LogP contribution in [0.5, 0.6) is 0 Å². The molecule has 0 radical (unpaired) electrons. The largest absolute Gasteiger partial charge is 0.465 e. The van der Waals surface area contributed by atoms with Crippen molar-refractivity contribution < 1.29 is 9.53 Å². The minimum atomic E-state index is -0.641. The molecule has 1 fully saturated rings. The number of esters is 1. The third-order valence-corrected chi connectivity index (χ3v) is 3.72. The van der Waals surface area contributed by atoms with Crippen molar-refractivity contribution >= 4 is 5.97 Å². The van der Waals surface area contributed by atoms with Crippen molar-refractivity contribution in [3.63, 3.8) is 0 Å². The van der Waals surface area contributed by atoms with Crippen LogP contribution in [0.2, 0.25) is 0 Å². The normalized spacial score (nSPS) is 17.5. The average Bonchev–Trinajstić information content (AvgIpc) is 2.37. The smallest absolute Gasteiger partial charge is 0.345 e. The Bertz CT molecular complexity index is 488. The maximum Gasteiger partial charge on any atom is 0.345 e. The topological polar surface area (TPSA) is 72.0 Å². The molecule has 2 rings (SSSR count). The summed E-state index contributed by atoms with van der Waals surface area (Å²) in [6.07, 6.45) is 9.60. The number of aromatic nitrogens is 2. The zero-order valence-corrected chi connectivity index (χ0v) is 11.3. The molecule has 104 valence electrons. The molecular formula is C14H20N2O3. The molecule has 0 atom stereocenters. The second-order valence-corrected chi connectivity index (χ2v) is 5.04. The Balaban J connectivity index is 2.18. The lowest BCUT2D eigenvalue weighted by Gasteiger charge is -2.18. The fourth-order valence-corrected chi connectivity index (χ4v) is 2.60. The van der Waals surface area contributed by atoms with Crippen LogP contribution in [0.3, 0.4) is 0 Å². The van der Waals surface area contributed by atoms with Crippen LogP contribution in [-0.4, -0.2) is 23.0 Å². The average molecular weight is 264 g/mol. The molecule has 19 heavy (non-hydrogen) atoms. The highest BCUT2D eigenvalue weighted by atomic mass is 16.5. The Morgan fingerprint density at radius 3 is 2.47 bits per heavy atom. The van der Waals surface area contributed by atoms with E-state index in [1.165, 1.54) is 45.4 Å². The molecule has 0 bridgehead atoms. The summed E-state index contributed by atoms with van der Waals surface area (Å²) >= 11 is 0. The molecule has 1 aromatic heterocycles. The first-order valence-electron chi connectivity index (χ1n) is 6.90. The van der Waals surface area contributed by atoms with Gasteiger partial charge in [-0.3, -0.25) is 4.79 Å². The van der Waals surface area contributed by atoms with Gasteiger partial charge < -0.3 is 9.72 Å². The number of carbonyl (C=O) groups is 1. The van der Waals surface area contributed by atoms with E-state index in [-0.39, 0.29) is 5.56 Å². The van der Waals surface area contributed by atoms with E-state index in [1.54, 1.807) is 0 Å². The highest BCUT2D eigenvalue weighted by molar-refractivity contribution is 5.88. The van der Waals surface area contributed by atoms with Gasteiger partial charge in [-0.1, -0.05) is 32.1 Å². The molecule has 0 aliphatic heterocycles. The van der Waals surface area contributed by atoms with E-state index in [1.807, 2.05) is 0 Å². The molecule has 5 nitrogen and oxygen atoms in total. The molecule has 0 amide bonds. The van der Waals surface area contributed by atoms with Gasteiger partial charge in [0.05, 0.1) is 7.11 Å². The first-order chi connectivity index (χ1) is 9.22. The van der Waals surface area contributed by atoms with Gasteiger partial charge in [-0.25, -0.2) is 9.78 Å². The Hall–Kier alpha value is -1.65. The molecule has 0 saturated heterocycles. The molecule has 1 N–H and O–H groups in total. The first-order valence-corrected chi connectivity index (χ1v) is 6.90. The van der Waals surface area contributed by atoms with Crippen LogP contribution >= 0.6 is 0 Å². The first kappa shape index (κ1) is 13.8. The number of aromatic amines is 1. The van der Waals surface area contributed by atoms with Gasteiger partial charge in [0.15, 0.2) is 0 Å². The third kappa shape index (κ3) is 3.43. The standard InChI is InChI=1S/C14H20N2O3/c1-19-14(18)11-9-15-12(16-13(11)17)10-7-5-3-2-4-6-8-10/h9-10H,2-8H2,1H3,(H,15,16,17). The number of hydrogen-bond acceptors (Lipinski definition) is 4. The highest BCUT2D eigenvalue weighted by Crippen LogP contribution is 2.28. The van der Waals surface area contributed by atoms with Crippen molar-refractivity contribution in [3.05, 3.63) is 27.9 Å². The van der Waals surface area contributed by atoms with Gasteiger partial charge >= 0.3 is 5.97 Å². The summed E-state index contributed by atoms with van der Waals surface area (Å²) in [6, 6.07) is 0. The van der Waals surface area contributed by atoms with Crippen LogP contribution in [0.15, 0.2) is 11.0 Å². The molecule has 1 heterocycles. The lowest BCUT2D eigenvalue weighted by Crippen LogP contribution is -2.22. The van der Waals surface area contributed by atoms with Gasteiger partial charge in [0.25, 0.3) is 5.56 Å². The number of carbonyl (C=O) groups excluding carboxylic acids is 1. The van der Waals surface area contributed by atoms with Crippen LogP contribution in [-0.2, 0) is 4.74 Å². The monoisotopic (exact) mass is 264 g/mol. The SMILES string of the molecule is COC(=O)c1cnc(C2CCCCCCC2)[nH]c1=O. The maximum atomic E-state index is 11.8. The quantitative estimate of drug-likeness (QED) is 0.832. The molecule has 1 saturated carbocycles. The lowest BCUT2D eigenvalue weighted by molar-refractivity contribution is 0.0598. The third-order valence-electron chi connectivity index (χ3n) is 3.72. The van der Waals surface area contributed by atoms with Crippen LogP contribution in [0, 0.1) is 0 Å². The summed E-state index contributed by atoms with van der Waals surface area (Å²) in [6.45, 7) is 0. The summed E-state index contributed by atoms with van der Waals surface area (Å²) in [5, 5.41) is 0. The van der Waals surface area contributed by atoms with E-state index in [4.69, 9.17) is 0 Å². The maximum absolute atomic E-state index is 11.8.